The predicted molar refractivity (Wildman–Crippen MR) is 89.0 cm³/mol. The third-order valence-electron chi connectivity index (χ3n) is 4.61. The molecule has 2 heterocycles. The van der Waals surface area contributed by atoms with Crippen LogP contribution in [0.15, 0.2) is 34.7 Å². The van der Waals surface area contributed by atoms with Gasteiger partial charge in [-0.1, -0.05) is 32.0 Å². The van der Waals surface area contributed by atoms with Gasteiger partial charge in [-0.15, -0.1) is 0 Å². The first-order chi connectivity index (χ1) is 10.9. The Bertz CT molecular complexity index is 706. The molecular weight excluding hydrogens is 290 g/mol. The zero-order chi connectivity index (χ0) is 16.6. The van der Waals surface area contributed by atoms with Gasteiger partial charge in [0.2, 0.25) is 11.7 Å². The molecule has 1 saturated heterocycles. The van der Waals surface area contributed by atoms with E-state index in [1.165, 1.54) is 0 Å². The maximum atomic E-state index is 12.8. The summed E-state index contributed by atoms with van der Waals surface area (Å²) in [6.45, 7) is 7.29. The maximum Gasteiger partial charge on any atom is 0.291 e. The molecule has 1 aromatic carbocycles. The minimum absolute atomic E-state index is 0.0932. The van der Waals surface area contributed by atoms with Crippen molar-refractivity contribution in [3.63, 3.8) is 0 Å². The summed E-state index contributed by atoms with van der Waals surface area (Å²) >= 11 is 0. The number of carbonyl (C=O) groups is 1. The molecule has 1 aliphatic rings. The van der Waals surface area contributed by atoms with Crippen molar-refractivity contribution >= 4 is 5.91 Å². The molecule has 5 heteroatoms. The lowest BCUT2D eigenvalue weighted by Crippen LogP contribution is -2.54. The highest BCUT2D eigenvalue weighted by molar-refractivity contribution is 5.93. The Hall–Kier alpha value is -2.14. The molecule has 0 radical (unpaired) electrons. The van der Waals surface area contributed by atoms with Crippen molar-refractivity contribution in [2.75, 3.05) is 13.1 Å². The summed E-state index contributed by atoms with van der Waals surface area (Å²) in [5, 5.41) is 0. The smallest absolute Gasteiger partial charge is 0.291 e. The number of benzene rings is 1. The van der Waals surface area contributed by atoms with Crippen LogP contribution in [0.1, 0.15) is 36.5 Å². The summed E-state index contributed by atoms with van der Waals surface area (Å²) in [7, 11) is 0. The molecule has 0 saturated carbocycles. The van der Waals surface area contributed by atoms with Crippen LogP contribution >= 0.6 is 0 Å². The van der Waals surface area contributed by atoms with Crippen LogP contribution in [-0.4, -0.2) is 34.9 Å². The van der Waals surface area contributed by atoms with Gasteiger partial charge in [0, 0.05) is 24.7 Å². The van der Waals surface area contributed by atoms with Crippen molar-refractivity contribution in [1.29, 1.82) is 0 Å². The molecule has 1 unspecified atom stereocenters. The van der Waals surface area contributed by atoms with E-state index >= 15 is 0 Å². The maximum absolute atomic E-state index is 12.8. The fourth-order valence-corrected chi connectivity index (χ4v) is 2.99. The van der Waals surface area contributed by atoms with Gasteiger partial charge < -0.3 is 15.1 Å². The SMILES string of the molecule is Cc1nc(-c2ccccc2)oc1C(=O)N1CCC(N)C(C)(C)C1. The normalized spacial score (nSPS) is 20.5. The Labute approximate surface area is 136 Å². The molecule has 3 rings (SSSR count). The van der Waals surface area contributed by atoms with Crippen LogP contribution < -0.4 is 5.73 Å². The zero-order valence-electron chi connectivity index (χ0n) is 13.9. The first-order valence-electron chi connectivity index (χ1n) is 7.96. The molecule has 1 fully saturated rings. The second kappa shape index (κ2) is 5.81. The lowest BCUT2D eigenvalue weighted by molar-refractivity contribution is 0.0503. The van der Waals surface area contributed by atoms with E-state index in [1.54, 1.807) is 0 Å². The van der Waals surface area contributed by atoms with Crippen LogP contribution in [0.3, 0.4) is 0 Å². The van der Waals surface area contributed by atoms with E-state index in [2.05, 4.69) is 18.8 Å². The lowest BCUT2D eigenvalue weighted by Gasteiger charge is -2.42. The first kappa shape index (κ1) is 15.7. The first-order valence-corrected chi connectivity index (χ1v) is 7.96. The Balaban J connectivity index is 1.85. The Morgan fingerprint density at radius 2 is 2.04 bits per heavy atom. The van der Waals surface area contributed by atoms with Crippen LogP contribution in [-0.2, 0) is 0 Å². The van der Waals surface area contributed by atoms with E-state index < -0.39 is 0 Å². The second-order valence-corrected chi connectivity index (χ2v) is 6.91. The average Bonchev–Trinajstić information content (AvgIpc) is 2.92. The van der Waals surface area contributed by atoms with Crippen LogP contribution in [0.2, 0.25) is 0 Å². The van der Waals surface area contributed by atoms with Crippen LogP contribution in [0.25, 0.3) is 11.5 Å². The molecule has 1 aromatic heterocycles. The molecule has 2 N–H and O–H groups in total. The van der Waals surface area contributed by atoms with Crippen LogP contribution in [0.4, 0.5) is 0 Å². The van der Waals surface area contributed by atoms with Gasteiger partial charge in [0.1, 0.15) is 0 Å². The van der Waals surface area contributed by atoms with E-state index in [0.717, 1.165) is 12.0 Å². The van der Waals surface area contributed by atoms with E-state index in [9.17, 15) is 4.79 Å². The van der Waals surface area contributed by atoms with Crippen LogP contribution in [0, 0.1) is 12.3 Å². The number of carbonyl (C=O) groups excluding carboxylic acids is 1. The second-order valence-electron chi connectivity index (χ2n) is 6.91. The molecule has 1 atom stereocenters. The van der Waals surface area contributed by atoms with Gasteiger partial charge in [0.05, 0.1) is 5.69 Å². The Morgan fingerprint density at radius 3 is 2.70 bits per heavy atom. The minimum Gasteiger partial charge on any atom is -0.431 e. The Morgan fingerprint density at radius 1 is 1.35 bits per heavy atom. The molecule has 1 amide bonds. The molecule has 5 nitrogen and oxygen atoms in total. The van der Waals surface area contributed by atoms with Gasteiger partial charge in [-0.3, -0.25) is 4.79 Å². The van der Waals surface area contributed by atoms with Gasteiger partial charge in [0.15, 0.2) is 0 Å². The van der Waals surface area contributed by atoms with E-state index in [4.69, 9.17) is 10.2 Å². The number of nitrogens with two attached hydrogens (primary N) is 1. The van der Waals surface area contributed by atoms with E-state index in [0.29, 0.717) is 30.4 Å². The number of aryl methyl sites for hydroxylation is 1. The third-order valence-corrected chi connectivity index (χ3v) is 4.61. The number of piperidine rings is 1. The van der Waals surface area contributed by atoms with Gasteiger partial charge in [-0.2, -0.15) is 0 Å². The van der Waals surface area contributed by atoms with Gasteiger partial charge >= 0.3 is 0 Å². The predicted octanol–water partition coefficient (Wildman–Crippen LogP) is 2.85. The van der Waals surface area contributed by atoms with Crippen molar-refractivity contribution in [2.24, 2.45) is 11.1 Å². The molecule has 23 heavy (non-hydrogen) atoms. The molecule has 0 bridgehead atoms. The summed E-state index contributed by atoms with van der Waals surface area (Å²) in [5.74, 6) is 0.715. The van der Waals surface area contributed by atoms with Crippen molar-refractivity contribution in [3.8, 4) is 11.5 Å². The van der Waals surface area contributed by atoms with Gasteiger partial charge in [-0.05, 0) is 30.9 Å². The highest BCUT2D eigenvalue weighted by Gasteiger charge is 2.37. The topological polar surface area (TPSA) is 72.4 Å². The van der Waals surface area contributed by atoms with Gasteiger partial charge in [0.25, 0.3) is 5.91 Å². The number of amides is 1. The summed E-state index contributed by atoms with van der Waals surface area (Å²) in [6, 6.07) is 9.73. The molecule has 0 aliphatic carbocycles. The zero-order valence-corrected chi connectivity index (χ0v) is 13.9. The number of aromatic nitrogens is 1. The molecule has 1 aliphatic heterocycles. The standard InChI is InChI=1S/C18H23N3O2/c1-12-15(23-16(20-12)13-7-5-4-6-8-13)17(22)21-10-9-14(19)18(2,3)11-21/h4-8,14H,9-11,19H2,1-3H3. The van der Waals surface area contributed by atoms with Crippen molar-refractivity contribution in [2.45, 2.75) is 33.2 Å². The summed E-state index contributed by atoms with van der Waals surface area (Å²) < 4.78 is 5.78. The highest BCUT2D eigenvalue weighted by atomic mass is 16.4. The van der Waals surface area contributed by atoms with Crippen molar-refractivity contribution in [1.82, 2.24) is 9.88 Å². The van der Waals surface area contributed by atoms with E-state index in [-0.39, 0.29) is 17.4 Å². The van der Waals surface area contributed by atoms with Crippen molar-refractivity contribution < 1.29 is 9.21 Å². The number of nitrogens with zero attached hydrogens (tertiary/aromatic N) is 2. The highest BCUT2D eigenvalue weighted by Crippen LogP contribution is 2.30. The quantitative estimate of drug-likeness (QED) is 0.925. The number of hydrogen-bond donors (Lipinski definition) is 1. The van der Waals surface area contributed by atoms with Crippen LogP contribution in [0.5, 0.6) is 0 Å². The number of hydrogen-bond acceptors (Lipinski definition) is 4. The monoisotopic (exact) mass is 313 g/mol. The summed E-state index contributed by atoms with van der Waals surface area (Å²) in [4.78, 5) is 19.0. The summed E-state index contributed by atoms with van der Waals surface area (Å²) in [6.07, 6.45) is 0.803. The summed E-state index contributed by atoms with van der Waals surface area (Å²) in [5.41, 5.74) is 7.55. The molecular formula is C18H23N3O2. The Kier molecular flexibility index (Phi) is 3.98. The molecule has 122 valence electrons. The molecule has 0 spiro atoms. The average molecular weight is 313 g/mol. The van der Waals surface area contributed by atoms with Crippen molar-refractivity contribution in [3.05, 3.63) is 41.8 Å². The third kappa shape index (κ3) is 3.01. The largest absolute Gasteiger partial charge is 0.431 e. The number of likely N-dealkylation sites (tertiary alicyclic amines) is 1. The number of oxazole rings is 1. The fraction of sp³-hybridized carbons (Fsp3) is 0.444. The lowest BCUT2D eigenvalue weighted by atomic mass is 9.79. The molecule has 2 aromatic rings. The van der Waals surface area contributed by atoms with Gasteiger partial charge in [-0.25, -0.2) is 4.98 Å². The fourth-order valence-electron chi connectivity index (χ4n) is 2.99. The van der Waals surface area contributed by atoms with E-state index in [1.807, 2.05) is 42.2 Å². The number of rotatable bonds is 2. The minimum atomic E-state index is -0.0999.